The highest BCUT2D eigenvalue weighted by Gasteiger charge is 2.22. The van der Waals surface area contributed by atoms with Gasteiger partial charge in [0.15, 0.2) is 5.69 Å². The second-order valence-corrected chi connectivity index (χ2v) is 5.84. The maximum atomic E-state index is 12.2. The molecule has 0 saturated heterocycles. The Morgan fingerprint density at radius 2 is 2.32 bits per heavy atom. The van der Waals surface area contributed by atoms with Gasteiger partial charge in [0.25, 0.3) is 0 Å². The Morgan fingerprint density at radius 1 is 1.58 bits per heavy atom. The average Bonchev–Trinajstić information content (AvgIpc) is 2.43. The topological polar surface area (TPSA) is 109 Å². The summed E-state index contributed by atoms with van der Waals surface area (Å²) in [6, 6.07) is 4.30. The summed E-state index contributed by atoms with van der Waals surface area (Å²) in [6.07, 6.45) is 3.92. The molecule has 1 unspecified atom stereocenters. The molecule has 1 rings (SSSR count). The predicted molar refractivity (Wildman–Crippen MR) is 71.6 cm³/mol. The van der Waals surface area contributed by atoms with Crippen LogP contribution in [0.3, 0.4) is 0 Å². The van der Waals surface area contributed by atoms with Crippen LogP contribution in [0.4, 0.5) is 0 Å². The molecule has 7 heteroatoms. The lowest BCUT2D eigenvalue weighted by Gasteiger charge is -2.16. The van der Waals surface area contributed by atoms with E-state index in [0.29, 0.717) is 6.42 Å². The van der Waals surface area contributed by atoms with E-state index in [1.165, 1.54) is 18.3 Å². The van der Waals surface area contributed by atoms with Crippen molar-refractivity contribution in [3.8, 4) is 6.07 Å². The maximum absolute atomic E-state index is 12.2. The molecule has 0 aliphatic carbocycles. The van der Waals surface area contributed by atoms with Gasteiger partial charge in [-0.15, -0.1) is 0 Å². The minimum absolute atomic E-state index is 0.104. The molecule has 0 radical (unpaired) electrons. The zero-order valence-corrected chi connectivity index (χ0v) is 11.7. The van der Waals surface area contributed by atoms with E-state index < -0.39 is 10.0 Å². The number of nitrogens with one attached hydrogen (secondary N) is 1. The van der Waals surface area contributed by atoms with Gasteiger partial charge in [-0.25, -0.2) is 18.1 Å². The third-order valence-electron chi connectivity index (χ3n) is 2.68. The standard InChI is InChI=1S/C12H18N4O2S/c1-2-3-5-10(8-13)16-19(17,18)12-6-4-7-15-11(12)9-14/h4,6-7,10,16H,2-3,5,8,13H2,1H3. The van der Waals surface area contributed by atoms with Crippen molar-refractivity contribution in [1.29, 1.82) is 5.26 Å². The van der Waals surface area contributed by atoms with Crippen LogP contribution in [0.25, 0.3) is 0 Å². The minimum Gasteiger partial charge on any atom is -0.329 e. The fraction of sp³-hybridized carbons (Fsp3) is 0.500. The molecule has 0 amide bonds. The number of nitriles is 1. The summed E-state index contributed by atoms with van der Waals surface area (Å²) >= 11 is 0. The Balaban J connectivity index is 2.95. The van der Waals surface area contributed by atoms with Gasteiger partial charge in [-0.3, -0.25) is 0 Å². The van der Waals surface area contributed by atoms with E-state index >= 15 is 0 Å². The Hall–Kier alpha value is -1.49. The molecule has 0 aliphatic heterocycles. The number of pyridine rings is 1. The molecule has 0 spiro atoms. The van der Waals surface area contributed by atoms with E-state index in [1.807, 2.05) is 6.92 Å². The number of nitrogens with zero attached hydrogens (tertiary/aromatic N) is 2. The van der Waals surface area contributed by atoms with Crippen molar-refractivity contribution in [3.63, 3.8) is 0 Å². The van der Waals surface area contributed by atoms with E-state index in [-0.39, 0.29) is 23.2 Å². The number of unbranched alkanes of at least 4 members (excludes halogenated alkanes) is 1. The van der Waals surface area contributed by atoms with Crippen LogP contribution in [0.2, 0.25) is 0 Å². The second kappa shape index (κ2) is 7.19. The predicted octanol–water partition coefficient (Wildman–Crippen LogP) is 0.749. The van der Waals surface area contributed by atoms with Crippen molar-refractivity contribution in [2.24, 2.45) is 5.73 Å². The average molecular weight is 282 g/mol. The monoisotopic (exact) mass is 282 g/mol. The quantitative estimate of drug-likeness (QED) is 0.767. The van der Waals surface area contributed by atoms with Gasteiger partial charge < -0.3 is 5.73 Å². The lowest BCUT2D eigenvalue weighted by molar-refractivity contribution is 0.516. The van der Waals surface area contributed by atoms with Gasteiger partial charge in [-0.05, 0) is 18.6 Å². The second-order valence-electron chi connectivity index (χ2n) is 4.16. The van der Waals surface area contributed by atoms with Crippen LogP contribution in [-0.2, 0) is 10.0 Å². The number of aromatic nitrogens is 1. The van der Waals surface area contributed by atoms with Gasteiger partial charge >= 0.3 is 0 Å². The summed E-state index contributed by atoms with van der Waals surface area (Å²) in [7, 11) is -3.76. The normalized spacial score (nSPS) is 12.9. The molecule has 1 aromatic heterocycles. The fourth-order valence-corrected chi connectivity index (χ4v) is 3.04. The van der Waals surface area contributed by atoms with Gasteiger partial charge in [0, 0.05) is 18.8 Å². The lowest BCUT2D eigenvalue weighted by atomic mass is 10.1. The van der Waals surface area contributed by atoms with Crippen LogP contribution in [0, 0.1) is 11.3 Å². The van der Waals surface area contributed by atoms with Crippen molar-refractivity contribution in [2.75, 3.05) is 6.54 Å². The Morgan fingerprint density at radius 3 is 2.89 bits per heavy atom. The molecule has 0 aromatic carbocycles. The van der Waals surface area contributed by atoms with Gasteiger partial charge in [0.05, 0.1) is 0 Å². The van der Waals surface area contributed by atoms with Gasteiger partial charge in [-0.1, -0.05) is 19.8 Å². The molecule has 1 atom stereocenters. The minimum atomic E-state index is -3.76. The molecular weight excluding hydrogens is 264 g/mol. The molecule has 0 bridgehead atoms. The first kappa shape index (κ1) is 15.6. The third-order valence-corrected chi connectivity index (χ3v) is 4.23. The highest BCUT2D eigenvalue weighted by molar-refractivity contribution is 7.89. The molecule has 104 valence electrons. The first-order chi connectivity index (χ1) is 9.05. The van der Waals surface area contributed by atoms with Gasteiger partial charge in [0.2, 0.25) is 10.0 Å². The molecule has 6 nitrogen and oxygen atoms in total. The Labute approximate surface area is 113 Å². The lowest BCUT2D eigenvalue weighted by Crippen LogP contribution is -2.40. The van der Waals surface area contributed by atoms with Crippen molar-refractivity contribution in [2.45, 2.75) is 37.1 Å². The molecule has 1 aromatic rings. The Bertz CT molecular complexity index is 551. The molecule has 0 saturated carbocycles. The third kappa shape index (κ3) is 4.28. The molecule has 19 heavy (non-hydrogen) atoms. The van der Waals surface area contributed by atoms with E-state index in [9.17, 15) is 8.42 Å². The number of rotatable bonds is 7. The highest BCUT2D eigenvalue weighted by atomic mass is 32.2. The molecule has 3 N–H and O–H groups in total. The van der Waals surface area contributed by atoms with E-state index in [4.69, 9.17) is 11.0 Å². The number of hydrogen-bond donors (Lipinski definition) is 2. The first-order valence-electron chi connectivity index (χ1n) is 6.12. The summed E-state index contributed by atoms with van der Waals surface area (Å²) < 4.78 is 26.9. The molecule has 1 heterocycles. The molecule has 0 fully saturated rings. The van der Waals surface area contributed by atoms with Crippen molar-refractivity contribution < 1.29 is 8.42 Å². The largest absolute Gasteiger partial charge is 0.329 e. The summed E-state index contributed by atoms with van der Waals surface area (Å²) in [5.74, 6) is 0. The number of hydrogen-bond acceptors (Lipinski definition) is 5. The Kier molecular flexibility index (Phi) is 5.89. The fourth-order valence-electron chi connectivity index (χ4n) is 1.65. The SMILES string of the molecule is CCCCC(CN)NS(=O)(=O)c1cccnc1C#N. The highest BCUT2D eigenvalue weighted by Crippen LogP contribution is 2.13. The van der Waals surface area contributed by atoms with Crippen molar-refractivity contribution in [1.82, 2.24) is 9.71 Å². The summed E-state index contributed by atoms with van der Waals surface area (Å²) in [5, 5.41) is 8.89. The molecular formula is C12H18N4O2S. The van der Waals surface area contributed by atoms with Gasteiger partial charge in [-0.2, -0.15) is 5.26 Å². The molecule has 0 aliphatic rings. The summed E-state index contributed by atoms with van der Waals surface area (Å²) in [6.45, 7) is 2.25. The first-order valence-corrected chi connectivity index (χ1v) is 7.61. The summed E-state index contributed by atoms with van der Waals surface area (Å²) in [5.41, 5.74) is 5.45. The number of sulfonamides is 1. The van der Waals surface area contributed by atoms with Gasteiger partial charge in [0.1, 0.15) is 11.0 Å². The van der Waals surface area contributed by atoms with Crippen LogP contribution >= 0.6 is 0 Å². The smallest absolute Gasteiger partial charge is 0.243 e. The van der Waals surface area contributed by atoms with Crippen LogP contribution in [0.1, 0.15) is 31.9 Å². The van der Waals surface area contributed by atoms with E-state index in [2.05, 4.69) is 9.71 Å². The number of nitrogens with two attached hydrogens (primary N) is 1. The van der Waals surface area contributed by atoms with Crippen LogP contribution in [0.15, 0.2) is 23.2 Å². The van der Waals surface area contributed by atoms with Crippen LogP contribution < -0.4 is 10.5 Å². The van der Waals surface area contributed by atoms with E-state index in [1.54, 1.807) is 6.07 Å². The van der Waals surface area contributed by atoms with Crippen molar-refractivity contribution in [3.05, 3.63) is 24.0 Å². The zero-order valence-electron chi connectivity index (χ0n) is 10.8. The van der Waals surface area contributed by atoms with Crippen molar-refractivity contribution >= 4 is 10.0 Å². The maximum Gasteiger partial charge on any atom is 0.243 e. The zero-order chi connectivity index (χ0) is 14.3. The van der Waals surface area contributed by atoms with Crippen LogP contribution in [-0.4, -0.2) is 26.0 Å². The van der Waals surface area contributed by atoms with Crippen LogP contribution in [0.5, 0.6) is 0 Å². The van der Waals surface area contributed by atoms with E-state index in [0.717, 1.165) is 12.8 Å². The summed E-state index contributed by atoms with van der Waals surface area (Å²) in [4.78, 5) is 3.64.